The molecule has 0 unspecified atom stereocenters. The van der Waals surface area contributed by atoms with E-state index in [0.717, 1.165) is 37.5 Å². The Hall–Kier alpha value is -0.749. The molecule has 0 radical (unpaired) electrons. The first kappa shape index (κ1) is 30.3. The van der Waals surface area contributed by atoms with Crippen LogP contribution in [0.3, 0.4) is 0 Å². The molecule has 6 nitrogen and oxygen atoms in total. The van der Waals surface area contributed by atoms with Gasteiger partial charge < -0.3 is 17.7 Å². The highest BCUT2D eigenvalue weighted by Gasteiger charge is 2.37. The standard InChI is InChI=1S/C22H46O6Si3/c1-9-10-11-12-13-14-18-25-21(23)16-17-22(24)26-19-15-20-30(5,6)28-31(7,8)27-29(2,3)4/h16-17H,9-15,18-20H2,1-8H3/b17-16+. The van der Waals surface area contributed by atoms with E-state index < -0.39 is 37.1 Å². The fourth-order valence-electron chi connectivity index (χ4n) is 3.43. The van der Waals surface area contributed by atoms with E-state index >= 15 is 0 Å². The molecule has 0 aliphatic carbocycles. The Kier molecular flexibility index (Phi) is 14.8. The molecule has 0 aromatic heterocycles. The van der Waals surface area contributed by atoms with E-state index in [2.05, 4.69) is 52.8 Å². The highest BCUT2D eigenvalue weighted by molar-refractivity contribution is 6.87. The summed E-state index contributed by atoms with van der Waals surface area (Å²) in [6.45, 7) is 18.0. The van der Waals surface area contributed by atoms with Crippen LogP contribution in [0.15, 0.2) is 12.2 Å². The second-order valence-corrected chi connectivity index (χ2v) is 22.7. The van der Waals surface area contributed by atoms with Crippen LogP contribution in [0.1, 0.15) is 51.9 Å². The summed E-state index contributed by atoms with van der Waals surface area (Å²) in [6, 6.07) is 0.885. The average molecular weight is 491 g/mol. The Labute approximate surface area is 193 Å². The molecule has 0 saturated carbocycles. The van der Waals surface area contributed by atoms with Crippen molar-refractivity contribution >= 4 is 37.1 Å². The lowest BCUT2D eigenvalue weighted by atomic mass is 10.1. The largest absolute Gasteiger partial charge is 0.463 e. The number of unbranched alkanes of at least 4 members (excludes halogenated alkanes) is 5. The Morgan fingerprint density at radius 1 is 0.677 bits per heavy atom. The van der Waals surface area contributed by atoms with Gasteiger partial charge in [0.2, 0.25) is 0 Å². The van der Waals surface area contributed by atoms with Gasteiger partial charge in [-0.15, -0.1) is 0 Å². The van der Waals surface area contributed by atoms with Crippen LogP contribution in [0, 0.1) is 0 Å². The molecule has 0 atom stereocenters. The van der Waals surface area contributed by atoms with Crippen LogP contribution in [0.4, 0.5) is 0 Å². The van der Waals surface area contributed by atoms with Crippen molar-refractivity contribution in [3.8, 4) is 0 Å². The number of ether oxygens (including phenoxy) is 2. The lowest BCUT2D eigenvalue weighted by Crippen LogP contribution is -2.51. The summed E-state index contributed by atoms with van der Waals surface area (Å²) in [7, 11) is -5.69. The maximum Gasteiger partial charge on any atom is 0.331 e. The first-order chi connectivity index (χ1) is 14.3. The van der Waals surface area contributed by atoms with Gasteiger partial charge in [-0.2, -0.15) is 0 Å². The second-order valence-electron chi connectivity index (χ2n) is 10.0. The van der Waals surface area contributed by atoms with Crippen molar-refractivity contribution in [3.05, 3.63) is 12.2 Å². The molecule has 0 N–H and O–H groups in total. The van der Waals surface area contributed by atoms with Gasteiger partial charge in [-0.25, -0.2) is 9.59 Å². The smallest absolute Gasteiger partial charge is 0.331 e. The highest BCUT2D eigenvalue weighted by Crippen LogP contribution is 2.23. The van der Waals surface area contributed by atoms with E-state index in [1.54, 1.807) is 0 Å². The van der Waals surface area contributed by atoms with Gasteiger partial charge in [-0.05, 0) is 64.7 Å². The fourth-order valence-corrected chi connectivity index (χ4v) is 16.6. The summed E-state index contributed by atoms with van der Waals surface area (Å²) in [5.74, 6) is -1.02. The Morgan fingerprint density at radius 2 is 1.16 bits per heavy atom. The second kappa shape index (κ2) is 15.2. The molecule has 0 aromatic carbocycles. The normalized spacial score (nSPS) is 12.9. The summed E-state index contributed by atoms with van der Waals surface area (Å²) in [5.41, 5.74) is 0. The number of carbonyl (C=O) groups excluding carboxylic acids is 2. The van der Waals surface area contributed by atoms with Gasteiger partial charge in [-0.1, -0.05) is 39.0 Å². The first-order valence-electron chi connectivity index (χ1n) is 11.7. The van der Waals surface area contributed by atoms with Crippen molar-refractivity contribution in [3.63, 3.8) is 0 Å². The van der Waals surface area contributed by atoms with E-state index in [-0.39, 0.29) is 0 Å². The van der Waals surface area contributed by atoms with Gasteiger partial charge in [0.05, 0.1) is 13.2 Å². The molecule has 0 fully saturated rings. The van der Waals surface area contributed by atoms with Crippen molar-refractivity contribution in [2.75, 3.05) is 13.2 Å². The summed E-state index contributed by atoms with van der Waals surface area (Å²) in [6.07, 6.45) is 9.81. The number of hydrogen-bond donors (Lipinski definition) is 0. The predicted octanol–water partition coefficient (Wildman–Crippen LogP) is 6.15. The Bertz CT molecular complexity index is 556. The topological polar surface area (TPSA) is 71.1 Å². The number of rotatable bonds is 17. The zero-order valence-electron chi connectivity index (χ0n) is 21.2. The summed E-state index contributed by atoms with van der Waals surface area (Å²) in [5, 5.41) is 0. The number of esters is 2. The summed E-state index contributed by atoms with van der Waals surface area (Å²) < 4.78 is 23.0. The zero-order chi connectivity index (χ0) is 24.0. The minimum absolute atomic E-state index is 0.312. The molecule has 182 valence electrons. The molecule has 0 bridgehead atoms. The van der Waals surface area contributed by atoms with Crippen LogP contribution < -0.4 is 0 Å². The Balaban J connectivity index is 4.03. The molecule has 0 aromatic rings. The summed E-state index contributed by atoms with van der Waals surface area (Å²) in [4.78, 5) is 23.4. The maximum atomic E-state index is 11.8. The molecule has 0 saturated heterocycles. The third-order valence-electron chi connectivity index (χ3n) is 4.34. The maximum absolute atomic E-state index is 11.8. The molecule has 0 aliphatic rings. The van der Waals surface area contributed by atoms with Crippen LogP contribution in [-0.4, -0.2) is 50.3 Å². The quantitative estimate of drug-likeness (QED) is 0.105. The SMILES string of the molecule is CCCCCCCCOC(=O)/C=C/C(=O)OCCC[Si](C)(C)O[Si](C)(C)O[Si](C)(C)C. The van der Waals surface area contributed by atoms with Crippen LogP contribution >= 0.6 is 0 Å². The van der Waals surface area contributed by atoms with Crippen molar-refractivity contribution in [1.29, 1.82) is 0 Å². The third kappa shape index (κ3) is 19.6. The molecular formula is C22H46O6Si3. The highest BCUT2D eigenvalue weighted by atomic mass is 28.5. The molecular weight excluding hydrogens is 444 g/mol. The average Bonchev–Trinajstić information content (AvgIpc) is 2.59. The van der Waals surface area contributed by atoms with Crippen LogP contribution in [0.2, 0.25) is 51.9 Å². The van der Waals surface area contributed by atoms with E-state index in [4.69, 9.17) is 17.7 Å². The Morgan fingerprint density at radius 3 is 1.68 bits per heavy atom. The molecule has 0 amide bonds. The molecule has 31 heavy (non-hydrogen) atoms. The zero-order valence-corrected chi connectivity index (χ0v) is 24.2. The van der Waals surface area contributed by atoms with Gasteiger partial charge in [0.15, 0.2) is 16.6 Å². The lowest BCUT2D eigenvalue weighted by molar-refractivity contribution is -0.140. The van der Waals surface area contributed by atoms with Crippen LogP contribution in [0.5, 0.6) is 0 Å². The van der Waals surface area contributed by atoms with Crippen molar-refractivity contribution < 1.29 is 27.3 Å². The molecule has 9 heteroatoms. The first-order valence-corrected chi connectivity index (χ1v) is 21.0. The third-order valence-corrected chi connectivity index (χ3v) is 14.5. The monoisotopic (exact) mass is 490 g/mol. The van der Waals surface area contributed by atoms with E-state index in [9.17, 15) is 9.59 Å². The van der Waals surface area contributed by atoms with Crippen LogP contribution in [0.25, 0.3) is 0 Å². The lowest BCUT2D eigenvalue weighted by Gasteiger charge is -2.37. The van der Waals surface area contributed by atoms with Gasteiger partial charge in [-0.3, -0.25) is 0 Å². The fraction of sp³-hybridized carbons (Fsp3) is 0.818. The molecule has 0 aliphatic heterocycles. The summed E-state index contributed by atoms with van der Waals surface area (Å²) >= 11 is 0. The van der Waals surface area contributed by atoms with E-state index in [1.807, 2.05) is 0 Å². The van der Waals surface area contributed by atoms with Crippen molar-refractivity contribution in [2.24, 2.45) is 0 Å². The van der Waals surface area contributed by atoms with Crippen molar-refractivity contribution in [1.82, 2.24) is 0 Å². The van der Waals surface area contributed by atoms with Gasteiger partial charge in [0.25, 0.3) is 0 Å². The van der Waals surface area contributed by atoms with Gasteiger partial charge in [0, 0.05) is 12.2 Å². The number of carbonyl (C=O) groups is 2. The van der Waals surface area contributed by atoms with Gasteiger partial charge in [0.1, 0.15) is 0 Å². The van der Waals surface area contributed by atoms with E-state index in [0.29, 0.717) is 13.2 Å². The molecule has 0 heterocycles. The minimum atomic E-state index is -2.15. The van der Waals surface area contributed by atoms with E-state index in [1.165, 1.54) is 25.7 Å². The minimum Gasteiger partial charge on any atom is -0.463 e. The van der Waals surface area contributed by atoms with Gasteiger partial charge >= 0.3 is 20.5 Å². The number of hydrogen-bond acceptors (Lipinski definition) is 6. The van der Waals surface area contributed by atoms with Crippen molar-refractivity contribution in [2.45, 2.75) is 104 Å². The molecule has 0 spiro atoms. The predicted molar refractivity (Wildman–Crippen MR) is 134 cm³/mol. The van der Waals surface area contributed by atoms with Crippen LogP contribution in [-0.2, 0) is 27.3 Å². The molecule has 0 rings (SSSR count).